The van der Waals surface area contributed by atoms with Gasteiger partial charge in [0.2, 0.25) is 15.9 Å². The molecule has 0 aliphatic carbocycles. The maximum Gasteiger partial charge on any atom is 0.243 e. The molecule has 1 aromatic carbocycles. The van der Waals surface area contributed by atoms with Gasteiger partial charge in [-0.15, -0.1) is 11.8 Å². The normalized spacial score (nSPS) is 26.3. The first-order valence-electron chi connectivity index (χ1n) is 7.41. The Morgan fingerprint density at radius 1 is 1.23 bits per heavy atom. The number of hydrogen-bond donors (Lipinski definition) is 0. The number of piperazine rings is 1. The summed E-state index contributed by atoms with van der Waals surface area (Å²) in [6.45, 7) is 2.84. The molecule has 2 aliphatic heterocycles. The Labute approximate surface area is 135 Å². The van der Waals surface area contributed by atoms with Gasteiger partial charge in [-0.05, 0) is 50.3 Å². The number of carbonyl (C=O) groups is 1. The summed E-state index contributed by atoms with van der Waals surface area (Å²) >= 11 is 1.57. The molecule has 2 atom stereocenters. The molecule has 7 heteroatoms. The van der Waals surface area contributed by atoms with Crippen LogP contribution in [0.15, 0.2) is 34.1 Å². The molecule has 1 aromatic rings. The maximum absolute atomic E-state index is 12.9. The molecule has 0 N–H and O–H groups in total. The molecule has 5 nitrogen and oxygen atoms in total. The van der Waals surface area contributed by atoms with Gasteiger partial charge in [0.1, 0.15) is 6.04 Å². The molecule has 0 bridgehead atoms. The molecular weight excluding hydrogens is 320 g/mol. The summed E-state index contributed by atoms with van der Waals surface area (Å²) in [5.74, 6) is -0.0712. The average molecular weight is 340 g/mol. The van der Waals surface area contributed by atoms with Gasteiger partial charge in [-0.2, -0.15) is 4.31 Å². The van der Waals surface area contributed by atoms with Gasteiger partial charge in [0.05, 0.1) is 4.90 Å². The lowest BCUT2D eigenvalue weighted by Gasteiger charge is -2.40. The number of hydrogen-bond acceptors (Lipinski definition) is 4. The van der Waals surface area contributed by atoms with E-state index in [9.17, 15) is 13.2 Å². The van der Waals surface area contributed by atoms with Gasteiger partial charge in [0.25, 0.3) is 0 Å². The minimum absolute atomic E-state index is 0.0314. The third-order valence-corrected chi connectivity index (χ3v) is 7.20. The van der Waals surface area contributed by atoms with Crippen LogP contribution in [0, 0.1) is 0 Å². The molecule has 2 unspecified atom stereocenters. The second-order valence-electron chi connectivity index (χ2n) is 5.75. The zero-order chi connectivity index (χ0) is 15.9. The highest BCUT2D eigenvalue weighted by atomic mass is 32.2. The minimum Gasteiger partial charge on any atom is -0.337 e. The molecule has 0 radical (unpaired) electrons. The van der Waals surface area contributed by atoms with Gasteiger partial charge in [-0.1, -0.05) is 0 Å². The fourth-order valence-electron chi connectivity index (χ4n) is 3.23. The van der Waals surface area contributed by atoms with Crippen LogP contribution < -0.4 is 0 Å². The van der Waals surface area contributed by atoms with Crippen molar-refractivity contribution in [1.29, 1.82) is 0 Å². The van der Waals surface area contributed by atoms with Crippen LogP contribution in [0.2, 0.25) is 0 Å². The lowest BCUT2D eigenvalue weighted by atomic mass is 10.1. The first kappa shape index (κ1) is 15.8. The Kier molecular flexibility index (Phi) is 4.22. The van der Waals surface area contributed by atoms with Crippen LogP contribution in [-0.4, -0.2) is 55.0 Å². The number of amides is 1. The van der Waals surface area contributed by atoms with E-state index in [0.717, 1.165) is 24.3 Å². The van der Waals surface area contributed by atoms with Gasteiger partial charge in [-0.25, -0.2) is 8.42 Å². The van der Waals surface area contributed by atoms with Crippen LogP contribution in [0.1, 0.15) is 19.8 Å². The van der Waals surface area contributed by atoms with Crippen LogP contribution in [0.3, 0.4) is 0 Å². The van der Waals surface area contributed by atoms with Crippen LogP contribution in [0.5, 0.6) is 0 Å². The topological polar surface area (TPSA) is 57.7 Å². The quantitative estimate of drug-likeness (QED) is 0.787. The summed E-state index contributed by atoms with van der Waals surface area (Å²) in [7, 11) is -3.63. The van der Waals surface area contributed by atoms with E-state index in [4.69, 9.17) is 0 Å². The third-order valence-electron chi connectivity index (χ3n) is 4.51. The third kappa shape index (κ3) is 2.55. The SMILES string of the molecule is CSc1ccc(S(=O)(=O)N2CC3CCCN3C(=O)C2C)cc1. The zero-order valence-electron chi connectivity index (χ0n) is 12.7. The van der Waals surface area contributed by atoms with Crippen molar-refractivity contribution in [2.24, 2.45) is 0 Å². The number of sulfonamides is 1. The molecule has 2 heterocycles. The highest BCUT2D eigenvalue weighted by Gasteiger charge is 2.45. The smallest absolute Gasteiger partial charge is 0.243 e. The first-order valence-corrected chi connectivity index (χ1v) is 10.1. The summed E-state index contributed by atoms with van der Waals surface area (Å²) in [4.78, 5) is 15.5. The van der Waals surface area contributed by atoms with E-state index in [1.54, 1.807) is 43.0 Å². The number of thioether (sulfide) groups is 1. The minimum atomic E-state index is -3.63. The fourth-order valence-corrected chi connectivity index (χ4v) is 5.27. The summed E-state index contributed by atoms with van der Waals surface area (Å²) in [5.41, 5.74) is 0. The molecule has 120 valence electrons. The van der Waals surface area contributed by atoms with E-state index in [-0.39, 0.29) is 16.8 Å². The van der Waals surface area contributed by atoms with Crippen LogP contribution in [-0.2, 0) is 14.8 Å². The van der Waals surface area contributed by atoms with Crippen LogP contribution >= 0.6 is 11.8 Å². The largest absolute Gasteiger partial charge is 0.337 e. The van der Waals surface area contributed by atoms with Crippen molar-refractivity contribution in [3.8, 4) is 0 Å². The number of benzene rings is 1. The van der Waals surface area contributed by atoms with Crippen LogP contribution in [0.25, 0.3) is 0 Å². The Balaban J connectivity index is 1.92. The number of nitrogens with zero attached hydrogens (tertiary/aromatic N) is 2. The van der Waals surface area contributed by atoms with E-state index in [0.29, 0.717) is 6.54 Å². The monoisotopic (exact) mass is 340 g/mol. The van der Waals surface area contributed by atoms with Crippen molar-refractivity contribution in [2.75, 3.05) is 19.3 Å². The highest BCUT2D eigenvalue weighted by Crippen LogP contribution is 2.30. The summed E-state index contributed by atoms with van der Waals surface area (Å²) < 4.78 is 27.1. The molecule has 2 saturated heterocycles. The predicted octanol–water partition coefficient (Wildman–Crippen LogP) is 1.79. The Morgan fingerprint density at radius 2 is 1.91 bits per heavy atom. The molecule has 0 saturated carbocycles. The van der Waals surface area contributed by atoms with Gasteiger partial charge in [0.15, 0.2) is 0 Å². The number of fused-ring (bicyclic) bond motifs is 1. The predicted molar refractivity (Wildman–Crippen MR) is 86.3 cm³/mol. The first-order chi connectivity index (χ1) is 10.4. The molecule has 3 rings (SSSR count). The standard InChI is InChI=1S/C15H20N2O3S2/c1-11-15(18)16-9-3-4-12(16)10-17(11)22(19,20)14-7-5-13(21-2)6-8-14/h5-8,11-12H,3-4,9-10H2,1-2H3. The summed E-state index contributed by atoms with van der Waals surface area (Å²) in [6.07, 6.45) is 3.79. The van der Waals surface area contributed by atoms with E-state index in [2.05, 4.69) is 0 Å². The molecule has 1 amide bonds. The van der Waals surface area contributed by atoms with E-state index < -0.39 is 16.1 Å². The molecule has 2 aliphatic rings. The lowest BCUT2D eigenvalue weighted by Crippen LogP contribution is -2.59. The van der Waals surface area contributed by atoms with E-state index >= 15 is 0 Å². The van der Waals surface area contributed by atoms with Crippen LogP contribution in [0.4, 0.5) is 0 Å². The Hall–Kier alpha value is -1.05. The molecule has 2 fully saturated rings. The van der Waals surface area contributed by atoms with E-state index in [1.807, 2.05) is 11.2 Å². The number of rotatable bonds is 3. The molecule has 0 aromatic heterocycles. The number of carbonyl (C=O) groups excluding carboxylic acids is 1. The van der Waals surface area contributed by atoms with E-state index in [1.165, 1.54) is 4.31 Å². The maximum atomic E-state index is 12.9. The molecular formula is C15H20N2O3S2. The molecule has 0 spiro atoms. The van der Waals surface area contributed by atoms with Gasteiger partial charge < -0.3 is 4.90 Å². The van der Waals surface area contributed by atoms with Crippen molar-refractivity contribution >= 4 is 27.7 Å². The second kappa shape index (κ2) is 5.86. The fraction of sp³-hybridized carbons (Fsp3) is 0.533. The zero-order valence-corrected chi connectivity index (χ0v) is 14.4. The van der Waals surface area contributed by atoms with Crippen molar-refractivity contribution in [3.63, 3.8) is 0 Å². The lowest BCUT2D eigenvalue weighted by molar-refractivity contribution is -0.139. The van der Waals surface area contributed by atoms with Crippen molar-refractivity contribution in [2.45, 2.75) is 41.6 Å². The average Bonchev–Trinajstić information content (AvgIpc) is 2.99. The van der Waals surface area contributed by atoms with Gasteiger partial charge in [0, 0.05) is 24.0 Å². The van der Waals surface area contributed by atoms with Crippen molar-refractivity contribution in [1.82, 2.24) is 9.21 Å². The Bertz CT molecular complexity index is 673. The summed E-state index contributed by atoms with van der Waals surface area (Å²) in [5, 5.41) is 0. The Morgan fingerprint density at radius 3 is 2.55 bits per heavy atom. The van der Waals surface area contributed by atoms with Crippen molar-refractivity contribution < 1.29 is 13.2 Å². The van der Waals surface area contributed by atoms with Crippen molar-refractivity contribution in [3.05, 3.63) is 24.3 Å². The van der Waals surface area contributed by atoms with Gasteiger partial charge >= 0.3 is 0 Å². The van der Waals surface area contributed by atoms with Gasteiger partial charge in [-0.3, -0.25) is 4.79 Å². The highest BCUT2D eigenvalue weighted by molar-refractivity contribution is 7.98. The second-order valence-corrected chi connectivity index (χ2v) is 8.52. The molecule has 22 heavy (non-hydrogen) atoms. The summed E-state index contributed by atoms with van der Waals surface area (Å²) in [6, 6.07) is 6.26.